The third-order valence-electron chi connectivity index (χ3n) is 6.29. The molecule has 0 N–H and O–H groups in total. The monoisotopic (exact) mass is 378 g/mol. The molecule has 0 bridgehead atoms. The highest BCUT2D eigenvalue weighted by Gasteiger charge is 2.23. The van der Waals surface area contributed by atoms with Gasteiger partial charge in [0.1, 0.15) is 0 Å². The molecule has 0 amide bonds. The van der Waals surface area contributed by atoms with Crippen LogP contribution in [0.15, 0.2) is 55.1 Å². The molecule has 27 heavy (non-hydrogen) atoms. The van der Waals surface area contributed by atoms with Crippen molar-refractivity contribution in [1.82, 2.24) is 0 Å². The van der Waals surface area contributed by atoms with Crippen LogP contribution in [0.5, 0.6) is 0 Å². The van der Waals surface area contributed by atoms with Crippen LogP contribution in [0.3, 0.4) is 0 Å². The third-order valence-corrected chi connectivity index (χ3v) is 6.80. The van der Waals surface area contributed by atoms with Gasteiger partial charge in [0.2, 0.25) is 0 Å². The largest absolute Gasteiger partial charge is 0.171 e. The van der Waals surface area contributed by atoms with Crippen molar-refractivity contribution in [3.8, 4) is 0 Å². The summed E-state index contributed by atoms with van der Waals surface area (Å²) in [7, 11) is 0. The fraction of sp³-hybridized carbons (Fsp3) is 0.462. The van der Waals surface area contributed by atoms with Gasteiger partial charge in [0.15, 0.2) is 0 Å². The molecule has 1 aliphatic rings. The van der Waals surface area contributed by atoms with Gasteiger partial charge in [-0.25, -0.2) is 0 Å². The second kappa shape index (κ2) is 9.64. The van der Waals surface area contributed by atoms with Crippen molar-refractivity contribution in [2.75, 3.05) is 0 Å². The SMILES string of the molecule is C=CCC(S)c1cccc(CCC2CCC(c3cc(C)ccc3C)CC2)c1. The van der Waals surface area contributed by atoms with E-state index < -0.39 is 0 Å². The van der Waals surface area contributed by atoms with Crippen molar-refractivity contribution < 1.29 is 0 Å². The van der Waals surface area contributed by atoms with E-state index in [1.54, 1.807) is 5.56 Å². The lowest BCUT2D eigenvalue weighted by Gasteiger charge is -2.30. The Kier molecular flexibility index (Phi) is 7.24. The van der Waals surface area contributed by atoms with Crippen LogP contribution < -0.4 is 0 Å². The van der Waals surface area contributed by atoms with Crippen molar-refractivity contribution in [3.63, 3.8) is 0 Å². The minimum atomic E-state index is 0.274. The zero-order valence-corrected chi connectivity index (χ0v) is 17.8. The second-order valence-electron chi connectivity index (χ2n) is 8.40. The van der Waals surface area contributed by atoms with E-state index >= 15 is 0 Å². The molecule has 0 heterocycles. The Bertz CT molecular complexity index is 753. The van der Waals surface area contributed by atoms with E-state index in [-0.39, 0.29) is 5.25 Å². The van der Waals surface area contributed by atoms with Crippen LogP contribution >= 0.6 is 12.6 Å². The molecular formula is C26H34S. The Morgan fingerprint density at radius 1 is 1.07 bits per heavy atom. The predicted octanol–water partition coefficient (Wildman–Crippen LogP) is 7.76. The molecule has 3 rings (SSSR count). The van der Waals surface area contributed by atoms with E-state index in [1.807, 2.05) is 6.08 Å². The van der Waals surface area contributed by atoms with Crippen molar-refractivity contribution in [1.29, 1.82) is 0 Å². The maximum absolute atomic E-state index is 4.71. The Labute approximate surface area is 171 Å². The molecule has 0 aromatic heterocycles. The van der Waals surface area contributed by atoms with Crippen LogP contribution in [-0.2, 0) is 6.42 Å². The molecule has 1 saturated carbocycles. The van der Waals surface area contributed by atoms with Crippen LogP contribution in [-0.4, -0.2) is 0 Å². The van der Waals surface area contributed by atoms with E-state index in [9.17, 15) is 0 Å². The summed E-state index contributed by atoms with van der Waals surface area (Å²) in [5.41, 5.74) is 7.27. The van der Waals surface area contributed by atoms with E-state index in [4.69, 9.17) is 12.6 Å². The fourth-order valence-electron chi connectivity index (χ4n) is 4.58. The smallest absolute Gasteiger partial charge is 0.0301 e. The molecule has 0 saturated heterocycles. The summed E-state index contributed by atoms with van der Waals surface area (Å²) in [5, 5.41) is 0.274. The van der Waals surface area contributed by atoms with Crippen molar-refractivity contribution >= 4 is 12.6 Å². The first kappa shape index (κ1) is 20.3. The first-order valence-corrected chi connectivity index (χ1v) is 11.0. The van der Waals surface area contributed by atoms with Crippen molar-refractivity contribution in [2.45, 2.75) is 70.0 Å². The van der Waals surface area contributed by atoms with Gasteiger partial charge in [-0.05, 0) is 92.9 Å². The van der Waals surface area contributed by atoms with Crippen LogP contribution in [0.25, 0.3) is 0 Å². The molecule has 1 fully saturated rings. The molecule has 0 spiro atoms. The predicted molar refractivity (Wildman–Crippen MR) is 122 cm³/mol. The summed E-state index contributed by atoms with van der Waals surface area (Å²) >= 11 is 4.71. The van der Waals surface area contributed by atoms with Gasteiger partial charge in [0.05, 0.1) is 0 Å². The van der Waals surface area contributed by atoms with Gasteiger partial charge in [-0.15, -0.1) is 6.58 Å². The Balaban J connectivity index is 1.52. The minimum absolute atomic E-state index is 0.274. The first-order valence-electron chi connectivity index (χ1n) is 10.5. The molecule has 1 unspecified atom stereocenters. The topological polar surface area (TPSA) is 0 Å². The van der Waals surface area contributed by atoms with Gasteiger partial charge in [-0.3, -0.25) is 0 Å². The molecule has 2 aromatic carbocycles. The molecule has 144 valence electrons. The lowest BCUT2D eigenvalue weighted by atomic mass is 9.75. The molecule has 1 aliphatic carbocycles. The summed E-state index contributed by atoms with van der Waals surface area (Å²) in [6.45, 7) is 8.32. The number of benzene rings is 2. The summed E-state index contributed by atoms with van der Waals surface area (Å²) in [6.07, 6.45) is 10.9. The van der Waals surface area contributed by atoms with Gasteiger partial charge in [-0.2, -0.15) is 12.6 Å². The number of rotatable bonds is 7. The number of thiol groups is 1. The highest BCUT2D eigenvalue weighted by Crippen LogP contribution is 2.39. The Morgan fingerprint density at radius 2 is 1.85 bits per heavy atom. The number of allylic oxidation sites excluding steroid dienone is 1. The van der Waals surface area contributed by atoms with E-state index in [2.05, 4.69) is 62.9 Å². The van der Waals surface area contributed by atoms with Crippen LogP contribution in [0, 0.1) is 19.8 Å². The fourth-order valence-corrected chi connectivity index (χ4v) is 4.89. The molecular weight excluding hydrogens is 344 g/mol. The lowest BCUT2D eigenvalue weighted by molar-refractivity contribution is 0.310. The van der Waals surface area contributed by atoms with Crippen molar-refractivity contribution in [2.24, 2.45) is 5.92 Å². The Hall–Kier alpha value is -1.47. The standard InChI is InChI=1S/C26H34S/c1-4-6-26(27)24-8-5-7-22(18-24)12-11-21-13-15-23(16-14-21)25-17-19(2)9-10-20(25)3/h4-5,7-10,17-18,21,23,26-27H,1,6,11-16H2,2-3H3. The average molecular weight is 379 g/mol. The summed E-state index contributed by atoms with van der Waals surface area (Å²) < 4.78 is 0. The molecule has 0 aliphatic heterocycles. The quantitative estimate of drug-likeness (QED) is 0.369. The first-order chi connectivity index (χ1) is 13.1. The van der Waals surface area contributed by atoms with Crippen LogP contribution in [0.4, 0.5) is 0 Å². The number of hydrogen-bond acceptors (Lipinski definition) is 1. The maximum Gasteiger partial charge on any atom is 0.0301 e. The van der Waals surface area contributed by atoms with Gasteiger partial charge in [-0.1, -0.05) is 54.1 Å². The highest BCUT2D eigenvalue weighted by atomic mass is 32.1. The lowest BCUT2D eigenvalue weighted by Crippen LogP contribution is -2.15. The van der Waals surface area contributed by atoms with E-state index in [0.717, 1.165) is 18.3 Å². The van der Waals surface area contributed by atoms with Gasteiger partial charge in [0, 0.05) is 5.25 Å². The van der Waals surface area contributed by atoms with E-state index in [1.165, 1.54) is 60.8 Å². The molecule has 1 atom stereocenters. The highest BCUT2D eigenvalue weighted by molar-refractivity contribution is 7.80. The summed E-state index contributed by atoms with van der Waals surface area (Å²) in [6, 6.07) is 16.0. The normalized spacial score (nSPS) is 21.0. The average Bonchev–Trinajstić information content (AvgIpc) is 2.69. The molecule has 2 aromatic rings. The van der Waals surface area contributed by atoms with Gasteiger partial charge >= 0.3 is 0 Å². The molecule has 0 nitrogen and oxygen atoms in total. The summed E-state index contributed by atoms with van der Waals surface area (Å²) in [5.74, 6) is 1.66. The molecule has 0 radical (unpaired) electrons. The Morgan fingerprint density at radius 3 is 2.59 bits per heavy atom. The third kappa shape index (κ3) is 5.51. The minimum Gasteiger partial charge on any atom is -0.171 e. The summed E-state index contributed by atoms with van der Waals surface area (Å²) in [4.78, 5) is 0. The number of aryl methyl sites for hydroxylation is 3. The molecule has 1 heteroatoms. The second-order valence-corrected chi connectivity index (χ2v) is 9.02. The van der Waals surface area contributed by atoms with Gasteiger partial charge < -0.3 is 0 Å². The van der Waals surface area contributed by atoms with Crippen LogP contribution in [0.2, 0.25) is 0 Å². The van der Waals surface area contributed by atoms with Crippen molar-refractivity contribution in [3.05, 3.63) is 82.9 Å². The maximum atomic E-state index is 4.71. The number of hydrogen-bond donors (Lipinski definition) is 1. The zero-order valence-electron chi connectivity index (χ0n) is 17.0. The van der Waals surface area contributed by atoms with Gasteiger partial charge in [0.25, 0.3) is 0 Å². The zero-order chi connectivity index (χ0) is 19.2. The van der Waals surface area contributed by atoms with E-state index in [0.29, 0.717) is 0 Å². The van der Waals surface area contributed by atoms with Crippen LogP contribution in [0.1, 0.15) is 77.5 Å².